The average Bonchev–Trinajstić information content (AvgIpc) is 2.69. The van der Waals surface area contributed by atoms with Gasteiger partial charge in [-0.15, -0.1) is 0 Å². The number of nitrogens with zero attached hydrogens (tertiary/aromatic N) is 2. The molecular formula is C21H21N5O3. The molecule has 0 aliphatic rings. The van der Waals surface area contributed by atoms with Gasteiger partial charge in [-0.2, -0.15) is 10.4 Å². The van der Waals surface area contributed by atoms with E-state index in [2.05, 4.69) is 21.2 Å². The smallest absolute Gasteiger partial charge is 0.325 e. The maximum absolute atomic E-state index is 12.1. The molecular weight excluding hydrogens is 370 g/mol. The van der Waals surface area contributed by atoms with E-state index in [0.29, 0.717) is 22.6 Å². The lowest BCUT2D eigenvalue weighted by molar-refractivity contribution is -0.136. The van der Waals surface area contributed by atoms with Gasteiger partial charge in [-0.25, -0.2) is 5.43 Å². The summed E-state index contributed by atoms with van der Waals surface area (Å²) in [5.74, 6) is -2.20. The lowest BCUT2D eigenvalue weighted by Gasteiger charge is -2.09. The monoisotopic (exact) mass is 391 g/mol. The van der Waals surface area contributed by atoms with Crippen molar-refractivity contribution in [3.05, 3.63) is 59.2 Å². The van der Waals surface area contributed by atoms with Gasteiger partial charge in [0, 0.05) is 11.4 Å². The minimum atomic E-state index is -0.944. The molecule has 8 heteroatoms. The molecule has 2 aromatic rings. The van der Waals surface area contributed by atoms with Crippen LogP contribution in [0.3, 0.4) is 0 Å². The molecule has 148 valence electrons. The highest BCUT2D eigenvalue weighted by Gasteiger charge is 2.15. The van der Waals surface area contributed by atoms with E-state index >= 15 is 0 Å². The first-order chi connectivity index (χ1) is 13.8. The second-order valence-corrected chi connectivity index (χ2v) is 6.44. The highest BCUT2D eigenvalue weighted by molar-refractivity contribution is 6.39. The Morgan fingerprint density at radius 3 is 2.45 bits per heavy atom. The second kappa shape index (κ2) is 9.80. The maximum atomic E-state index is 12.1. The normalized spacial score (nSPS) is 10.6. The number of hydrogen-bond donors (Lipinski definition) is 3. The van der Waals surface area contributed by atoms with Crippen LogP contribution >= 0.6 is 0 Å². The summed E-state index contributed by atoms with van der Waals surface area (Å²) in [7, 11) is 0. The third-order valence-electron chi connectivity index (χ3n) is 3.93. The molecule has 3 N–H and O–H groups in total. The van der Waals surface area contributed by atoms with Crippen LogP contribution in [0.4, 0.5) is 11.4 Å². The summed E-state index contributed by atoms with van der Waals surface area (Å²) < 4.78 is 0. The summed E-state index contributed by atoms with van der Waals surface area (Å²) in [6, 6.07) is 14.1. The van der Waals surface area contributed by atoms with Crippen molar-refractivity contribution in [2.75, 3.05) is 10.6 Å². The number of hydrazone groups is 1. The topological polar surface area (TPSA) is 123 Å². The molecule has 2 aromatic carbocycles. The summed E-state index contributed by atoms with van der Waals surface area (Å²) in [6.45, 7) is 5.24. The van der Waals surface area contributed by atoms with Crippen LogP contribution in [0.15, 0.2) is 47.6 Å². The lowest BCUT2D eigenvalue weighted by Crippen LogP contribution is -2.33. The first kappa shape index (κ1) is 21.3. The van der Waals surface area contributed by atoms with Crippen molar-refractivity contribution in [1.82, 2.24) is 5.43 Å². The fraction of sp³-hybridized carbons (Fsp3) is 0.190. The van der Waals surface area contributed by atoms with E-state index in [1.165, 1.54) is 0 Å². The van der Waals surface area contributed by atoms with Crippen molar-refractivity contribution in [1.29, 1.82) is 5.26 Å². The van der Waals surface area contributed by atoms with Gasteiger partial charge in [-0.3, -0.25) is 14.4 Å². The molecule has 3 amide bonds. The second-order valence-electron chi connectivity index (χ2n) is 6.44. The molecule has 0 unspecified atom stereocenters. The fourth-order valence-corrected chi connectivity index (χ4v) is 2.40. The van der Waals surface area contributed by atoms with Gasteiger partial charge in [0.15, 0.2) is 0 Å². The third-order valence-corrected chi connectivity index (χ3v) is 3.93. The van der Waals surface area contributed by atoms with Gasteiger partial charge in [0.25, 0.3) is 0 Å². The molecule has 8 nitrogen and oxygen atoms in total. The molecule has 0 saturated heterocycles. The Kier molecular flexibility index (Phi) is 7.20. The van der Waals surface area contributed by atoms with Crippen LogP contribution < -0.4 is 16.1 Å². The SMILES string of the molecule is C/C(CC(=O)Nc1ccccc1C#N)=N\NC(=O)C(=O)Nc1cc(C)ccc1C. The van der Waals surface area contributed by atoms with Crippen LogP contribution in [0.25, 0.3) is 0 Å². The molecule has 0 fully saturated rings. The molecule has 0 spiro atoms. The number of para-hydroxylation sites is 1. The van der Waals surface area contributed by atoms with Crippen LogP contribution in [-0.2, 0) is 14.4 Å². The number of anilines is 2. The van der Waals surface area contributed by atoms with Crippen molar-refractivity contribution >= 4 is 34.8 Å². The standard InChI is InChI=1S/C21H21N5O3/c1-13-8-9-14(2)18(10-13)24-20(28)21(29)26-25-15(3)11-19(27)23-17-7-5-4-6-16(17)12-22/h4-10H,11H2,1-3H3,(H,23,27)(H,24,28)(H,26,29)/b25-15+. The summed E-state index contributed by atoms with van der Waals surface area (Å²) in [5, 5.41) is 18.0. The van der Waals surface area contributed by atoms with E-state index < -0.39 is 17.7 Å². The minimum absolute atomic E-state index is 0.112. The van der Waals surface area contributed by atoms with Gasteiger partial charge in [0.05, 0.1) is 17.7 Å². The van der Waals surface area contributed by atoms with Gasteiger partial charge < -0.3 is 10.6 Å². The highest BCUT2D eigenvalue weighted by atomic mass is 16.2. The minimum Gasteiger partial charge on any atom is -0.325 e. The number of nitrogens with one attached hydrogen (secondary N) is 3. The molecule has 0 radical (unpaired) electrons. The van der Waals surface area contributed by atoms with Gasteiger partial charge in [-0.05, 0) is 50.1 Å². The first-order valence-electron chi connectivity index (χ1n) is 8.81. The van der Waals surface area contributed by atoms with Crippen LogP contribution in [0.1, 0.15) is 30.0 Å². The number of nitriles is 1. The van der Waals surface area contributed by atoms with Crippen LogP contribution in [0.5, 0.6) is 0 Å². The quantitative estimate of drug-likeness (QED) is 0.412. The Labute approximate surface area is 168 Å². The predicted octanol–water partition coefficient (Wildman–Crippen LogP) is 2.63. The van der Waals surface area contributed by atoms with Crippen molar-refractivity contribution < 1.29 is 14.4 Å². The van der Waals surface area contributed by atoms with E-state index in [4.69, 9.17) is 5.26 Å². The Hall–Kier alpha value is -3.99. The van der Waals surface area contributed by atoms with Crippen LogP contribution in [-0.4, -0.2) is 23.4 Å². The van der Waals surface area contributed by atoms with Gasteiger partial charge >= 0.3 is 11.8 Å². The van der Waals surface area contributed by atoms with E-state index in [-0.39, 0.29) is 6.42 Å². The van der Waals surface area contributed by atoms with E-state index in [0.717, 1.165) is 11.1 Å². The zero-order valence-electron chi connectivity index (χ0n) is 16.4. The van der Waals surface area contributed by atoms with E-state index in [1.807, 2.05) is 32.0 Å². The molecule has 0 heterocycles. The Morgan fingerprint density at radius 1 is 1.00 bits per heavy atom. The summed E-state index contributed by atoms with van der Waals surface area (Å²) >= 11 is 0. The van der Waals surface area contributed by atoms with Gasteiger partial charge in [0.2, 0.25) is 5.91 Å². The maximum Gasteiger partial charge on any atom is 0.329 e. The Balaban J connectivity index is 1.90. The van der Waals surface area contributed by atoms with Crippen LogP contribution in [0.2, 0.25) is 0 Å². The number of rotatable bonds is 5. The third kappa shape index (κ3) is 6.29. The predicted molar refractivity (Wildman–Crippen MR) is 110 cm³/mol. The molecule has 0 bridgehead atoms. The number of benzene rings is 2. The number of carbonyl (C=O) groups is 3. The molecule has 0 aromatic heterocycles. The van der Waals surface area contributed by atoms with Crippen molar-refractivity contribution in [2.24, 2.45) is 5.10 Å². The largest absolute Gasteiger partial charge is 0.329 e. The molecule has 2 rings (SSSR count). The molecule has 0 saturated carbocycles. The number of amides is 3. The molecule has 0 aliphatic heterocycles. The van der Waals surface area contributed by atoms with Gasteiger partial charge in [-0.1, -0.05) is 24.3 Å². The van der Waals surface area contributed by atoms with Gasteiger partial charge in [0.1, 0.15) is 6.07 Å². The Morgan fingerprint density at radius 2 is 1.72 bits per heavy atom. The summed E-state index contributed by atoms with van der Waals surface area (Å²) in [4.78, 5) is 36.0. The zero-order valence-corrected chi connectivity index (χ0v) is 16.4. The molecule has 29 heavy (non-hydrogen) atoms. The first-order valence-corrected chi connectivity index (χ1v) is 8.81. The number of carbonyl (C=O) groups excluding carboxylic acids is 3. The van der Waals surface area contributed by atoms with E-state index in [1.54, 1.807) is 37.3 Å². The zero-order chi connectivity index (χ0) is 21.4. The lowest BCUT2D eigenvalue weighted by atomic mass is 10.1. The fourth-order valence-electron chi connectivity index (χ4n) is 2.40. The van der Waals surface area contributed by atoms with Crippen molar-refractivity contribution in [3.63, 3.8) is 0 Å². The molecule has 0 atom stereocenters. The number of aryl methyl sites for hydroxylation is 2. The van der Waals surface area contributed by atoms with Crippen molar-refractivity contribution in [3.8, 4) is 6.07 Å². The van der Waals surface area contributed by atoms with E-state index in [9.17, 15) is 14.4 Å². The summed E-state index contributed by atoms with van der Waals surface area (Å²) in [6.07, 6.45) is -0.112. The Bertz CT molecular complexity index is 1020. The highest BCUT2D eigenvalue weighted by Crippen LogP contribution is 2.16. The number of hydrogen-bond acceptors (Lipinski definition) is 5. The van der Waals surface area contributed by atoms with Crippen LogP contribution in [0, 0.1) is 25.2 Å². The average molecular weight is 391 g/mol. The summed E-state index contributed by atoms with van der Waals surface area (Å²) in [5.41, 5.74) is 5.48. The molecule has 0 aliphatic carbocycles. The van der Waals surface area contributed by atoms with Crippen molar-refractivity contribution in [2.45, 2.75) is 27.2 Å².